The van der Waals surface area contributed by atoms with E-state index in [0.29, 0.717) is 6.42 Å². The van der Waals surface area contributed by atoms with Gasteiger partial charge in [0.25, 0.3) is 0 Å². The zero-order valence-corrected chi connectivity index (χ0v) is 8.50. The van der Waals surface area contributed by atoms with Gasteiger partial charge in [-0.3, -0.25) is 0 Å². The van der Waals surface area contributed by atoms with Crippen molar-refractivity contribution in [2.75, 3.05) is 0 Å². The molecule has 0 aromatic carbocycles. The van der Waals surface area contributed by atoms with Crippen molar-refractivity contribution >= 4 is 0 Å². The summed E-state index contributed by atoms with van der Waals surface area (Å²) in [6, 6.07) is 2.09. The Morgan fingerprint density at radius 1 is 1.00 bits per heavy atom. The molecule has 0 saturated heterocycles. The molecule has 0 aliphatic rings. The average Bonchev–Trinajstić information content (AvgIpc) is 2.16. The van der Waals surface area contributed by atoms with Gasteiger partial charge in [0.1, 0.15) is 0 Å². The summed E-state index contributed by atoms with van der Waals surface area (Å²) in [5.74, 6) is 0. The van der Waals surface area contributed by atoms with E-state index in [0.717, 1.165) is 12.8 Å². The topological polar surface area (TPSA) is 23.8 Å². The molecule has 0 amide bonds. The predicted molar refractivity (Wildman–Crippen MR) is 57.3 cm³/mol. The molecule has 0 spiro atoms. The van der Waals surface area contributed by atoms with Crippen molar-refractivity contribution in [1.29, 1.82) is 5.26 Å². The van der Waals surface area contributed by atoms with E-state index >= 15 is 0 Å². The molecule has 0 aromatic heterocycles. The quantitative estimate of drug-likeness (QED) is 0.426. The third-order valence-corrected chi connectivity index (χ3v) is 1.77. The summed E-state index contributed by atoms with van der Waals surface area (Å²) < 4.78 is 0. The summed E-state index contributed by atoms with van der Waals surface area (Å²) >= 11 is 0. The first-order chi connectivity index (χ1) is 6.41. The Labute approximate surface area is 81.8 Å². The van der Waals surface area contributed by atoms with E-state index < -0.39 is 0 Å². The summed E-state index contributed by atoms with van der Waals surface area (Å²) in [4.78, 5) is 0. The second-order valence-corrected chi connectivity index (χ2v) is 3.00. The maximum atomic E-state index is 8.26. The van der Waals surface area contributed by atoms with Crippen LogP contribution in [-0.4, -0.2) is 0 Å². The van der Waals surface area contributed by atoms with E-state index in [1.165, 1.54) is 19.3 Å². The Hall–Kier alpha value is -1.03. The first-order valence-electron chi connectivity index (χ1n) is 5.08. The highest BCUT2D eigenvalue weighted by atomic mass is 14.2. The lowest BCUT2D eigenvalue weighted by Crippen LogP contribution is -1.72. The van der Waals surface area contributed by atoms with Gasteiger partial charge < -0.3 is 0 Å². The molecule has 0 atom stereocenters. The van der Waals surface area contributed by atoms with E-state index in [4.69, 9.17) is 5.26 Å². The second kappa shape index (κ2) is 11.0. The minimum absolute atomic E-state index is 0.551. The minimum Gasteiger partial charge on any atom is -0.198 e. The molecule has 1 heteroatoms. The maximum absolute atomic E-state index is 8.26. The van der Waals surface area contributed by atoms with Gasteiger partial charge in [-0.05, 0) is 32.1 Å². The van der Waals surface area contributed by atoms with E-state index in [-0.39, 0.29) is 0 Å². The molecule has 0 fully saturated rings. The minimum atomic E-state index is 0.551. The number of nitriles is 1. The number of hydrogen-bond acceptors (Lipinski definition) is 1. The molecular formula is C12H19N. The van der Waals surface area contributed by atoms with Crippen LogP contribution in [0.25, 0.3) is 0 Å². The van der Waals surface area contributed by atoms with Crippen molar-refractivity contribution < 1.29 is 0 Å². The summed E-state index contributed by atoms with van der Waals surface area (Å²) in [6.07, 6.45) is 15.0. The zero-order chi connectivity index (χ0) is 9.78. The third kappa shape index (κ3) is 11.0. The molecule has 0 aliphatic heterocycles. The molecule has 1 nitrogen and oxygen atoms in total. The lowest BCUT2D eigenvalue weighted by molar-refractivity contribution is 0.760. The Morgan fingerprint density at radius 3 is 2.15 bits per heavy atom. The average molecular weight is 177 g/mol. The monoisotopic (exact) mass is 177 g/mol. The molecule has 0 unspecified atom stereocenters. The van der Waals surface area contributed by atoms with Crippen LogP contribution in [0.5, 0.6) is 0 Å². The van der Waals surface area contributed by atoms with Gasteiger partial charge in [0.2, 0.25) is 0 Å². The van der Waals surface area contributed by atoms with Crippen LogP contribution < -0.4 is 0 Å². The molecule has 0 heterocycles. The van der Waals surface area contributed by atoms with Crippen molar-refractivity contribution in [3.63, 3.8) is 0 Å². The van der Waals surface area contributed by atoms with E-state index in [1.54, 1.807) is 0 Å². The molecule has 0 aliphatic carbocycles. The summed E-state index contributed by atoms with van der Waals surface area (Å²) in [7, 11) is 0. The molecular weight excluding hydrogens is 158 g/mol. The van der Waals surface area contributed by atoms with E-state index in [1.807, 2.05) is 6.08 Å². The van der Waals surface area contributed by atoms with Crippen molar-refractivity contribution in [3.05, 3.63) is 24.3 Å². The Bertz CT molecular complexity index is 184. The number of nitrogens with zero attached hydrogens (tertiary/aromatic N) is 1. The summed E-state index contributed by atoms with van der Waals surface area (Å²) in [5, 5.41) is 8.26. The van der Waals surface area contributed by atoms with Gasteiger partial charge in [-0.2, -0.15) is 5.26 Å². The van der Waals surface area contributed by atoms with Crippen molar-refractivity contribution in [2.45, 2.75) is 45.4 Å². The third-order valence-electron chi connectivity index (χ3n) is 1.77. The standard InChI is InChI=1S/C12H19N/c1-2-3-4-5-6-7-8-9-10-11-12-13/h3-4,9-10H,2,5-8,11H2,1H3/b4-3-,10-9-. The Morgan fingerprint density at radius 2 is 1.62 bits per heavy atom. The van der Waals surface area contributed by atoms with Crippen molar-refractivity contribution in [2.24, 2.45) is 0 Å². The second-order valence-electron chi connectivity index (χ2n) is 3.00. The van der Waals surface area contributed by atoms with Gasteiger partial charge in [-0.25, -0.2) is 0 Å². The number of rotatable bonds is 7. The summed E-state index contributed by atoms with van der Waals surface area (Å²) in [6.45, 7) is 2.15. The largest absolute Gasteiger partial charge is 0.198 e. The van der Waals surface area contributed by atoms with E-state index in [2.05, 4.69) is 31.2 Å². The van der Waals surface area contributed by atoms with Crippen molar-refractivity contribution in [1.82, 2.24) is 0 Å². The van der Waals surface area contributed by atoms with Gasteiger partial charge >= 0.3 is 0 Å². The molecule has 0 aromatic rings. The smallest absolute Gasteiger partial charge is 0.0663 e. The Balaban J connectivity index is 3.08. The SMILES string of the molecule is CC/C=C\CCCC/C=C\CC#N. The predicted octanol–water partition coefficient (Wildman–Crippen LogP) is 3.98. The lowest BCUT2D eigenvalue weighted by Gasteiger charge is -1.92. The first kappa shape index (κ1) is 12.0. The molecule has 0 saturated carbocycles. The van der Waals surface area contributed by atoms with Gasteiger partial charge in [-0.1, -0.05) is 31.2 Å². The molecule has 0 radical (unpaired) electrons. The van der Waals surface area contributed by atoms with Crippen molar-refractivity contribution in [3.8, 4) is 6.07 Å². The van der Waals surface area contributed by atoms with Crippen LogP contribution in [0.2, 0.25) is 0 Å². The normalized spacial score (nSPS) is 11.1. The molecule has 13 heavy (non-hydrogen) atoms. The first-order valence-corrected chi connectivity index (χ1v) is 5.08. The number of hydrogen-bond donors (Lipinski definition) is 0. The van der Waals surface area contributed by atoms with Gasteiger partial charge in [0, 0.05) is 0 Å². The fraction of sp³-hybridized carbons (Fsp3) is 0.583. The highest BCUT2D eigenvalue weighted by molar-refractivity contribution is 4.90. The van der Waals surface area contributed by atoms with Crippen LogP contribution in [0.1, 0.15) is 45.4 Å². The summed E-state index contributed by atoms with van der Waals surface area (Å²) in [5.41, 5.74) is 0. The van der Waals surface area contributed by atoms with Gasteiger partial charge in [0.05, 0.1) is 12.5 Å². The fourth-order valence-corrected chi connectivity index (χ4v) is 1.06. The number of unbranched alkanes of at least 4 members (excludes halogenated alkanes) is 3. The molecule has 0 bridgehead atoms. The maximum Gasteiger partial charge on any atom is 0.0663 e. The highest BCUT2D eigenvalue weighted by Gasteiger charge is 1.82. The fourth-order valence-electron chi connectivity index (χ4n) is 1.06. The lowest BCUT2D eigenvalue weighted by atomic mass is 10.1. The zero-order valence-electron chi connectivity index (χ0n) is 8.50. The van der Waals surface area contributed by atoms with Crippen LogP contribution in [0, 0.1) is 11.3 Å². The van der Waals surface area contributed by atoms with Gasteiger partial charge in [0.15, 0.2) is 0 Å². The Kier molecular flexibility index (Phi) is 10.1. The van der Waals surface area contributed by atoms with Crippen LogP contribution >= 0.6 is 0 Å². The van der Waals surface area contributed by atoms with Crippen LogP contribution in [-0.2, 0) is 0 Å². The van der Waals surface area contributed by atoms with Crippen LogP contribution in [0.3, 0.4) is 0 Å². The van der Waals surface area contributed by atoms with Crippen LogP contribution in [0.15, 0.2) is 24.3 Å². The number of allylic oxidation sites excluding steroid dienone is 4. The molecule has 72 valence electrons. The molecule has 0 N–H and O–H groups in total. The molecule has 0 rings (SSSR count). The van der Waals surface area contributed by atoms with E-state index in [9.17, 15) is 0 Å². The van der Waals surface area contributed by atoms with Gasteiger partial charge in [-0.15, -0.1) is 0 Å². The highest BCUT2D eigenvalue weighted by Crippen LogP contribution is 2.02. The van der Waals surface area contributed by atoms with Crippen LogP contribution in [0.4, 0.5) is 0 Å².